The number of hydrogen-bond acceptors (Lipinski definition) is 2. The Morgan fingerprint density at radius 3 is 1.90 bits per heavy atom. The van der Waals surface area contributed by atoms with Gasteiger partial charge in [-0.15, -0.1) is 0 Å². The average Bonchev–Trinajstić information content (AvgIpc) is 2.65. The summed E-state index contributed by atoms with van der Waals surface area (Å²) in [5.74, 6) is 0. The smallest absolute Gasteiger partial charge is 0.0588 e. The lowest BCUT2D eigenvalue weighted by Crippen LogP contribution is -2.30. The molecular formula is C19H22N2. The van der Waals surface area contributed by atoms with Crippen molar-refractivity contribution in [2.75, 3.05) is 27.2 Å². The molecule has 0 atom stereocenters. The summed E-state index contributed by atoms with van der Waals surface area (Å²) in [7, 11) is 4.22. The minimum atomic E-state index is 0.257. The molecule has 1 N–H and O–H groups in total. The summed E-state index contributed by atoms with van der Waals surface area (Å²) in [4.78, 5) is 2.21. The van der Waals surface area contributed by atoms with Gasteiger partial charge in [0.2, 0.25) is 0 Å². The first-order valence-corrected chi connectivity index (χ1v) is 7.50. The van der Waals surface area contributed by atoms with E-state index in [2.05, 4.69) is 85.0 Å². The van der Waals surface area contributed by atoms with Gasteiger partial charge < -0.3 is 10.2 Å². The number of nitrogens with zero attached hydrogens (tertiary/aromatic N) is 1. The third-order valence-corrected chi connectivity index (χ3v) is 3.96. The second-order valence-corrected chi connectivity index (χ2v) is 5.78. The molecule has 3 rings (SSSR count). The van der Waals surface area contributed by atoms with Crippen LogP contribution in [0.3, 0.4) is 0 Å². The quantitative estimate of drug-likeness (QED) is 0.922. The van der Waals surface area contributed by atoms with Crippen LogP contribution in [0, 0.1) is 0 Å². The number of likely N-dealkylation sites (N-methyl/N-ethyl adjacent to an activating group) is 1. The van der Waals surface area contributed by atoms with Crippen LogP contribution in [0.15, 0.2) is 48.5 Å². The normalized spacial score (nSPS) is 13.9. The highest BCUT2D eigenvalue weighted by Gasteiger charge is 2.20. The maximum atomic E-state index is 3.72. The van der Waals surface area contributed by atoms with Gasteiger partial charge in [-0.1, -0.05) is 60.7 Å². The molecule has 0 saturated heterocycles. The second-order valence-electron chi connectivity index (χ2n) is 5.78. The van der Waals surface area contributed by atoms with Gasteiger partial charge in [0.15, 0.2) is 0 Å². The third kappa shape index (κ3) is 3.07. The molecule has 0 unspecified atom stereocenters. The first-order chi connectivity index (χ1) is 10.3. The Morgan fingerprint density at radius 2 is 1.38 bits per heavy atom. The Bertz CT molecular complexity index is 594. The molecule has 0 spiro atoms. The first-order valence-electron chi connectivity index (χ1n) is 7.50. The highest BCUT2D eigenvalue weighted by atomic mass is 15.1. The van der Waals surface area contributed by atoms with Crippen molar-refractivity contribution >= 4 is 12.2 Å². The van der Waals surface area contributed by atoms with E-state index in [1.165, 1.54) is 22.3 Å². The fraction of sp³-hybridized carbons (Fsp3) is 0.263. The minimum Gasteiger partial charge on any atom is -0.308 e. The maximum Gasteiger partial charge on any atom is 0.0588 e. The number of nitrogens with one attached hydrogen (secondary N) is 1. The summed E-state index contributed by atoms with van der Waals surface area (Å²) in [5, 5.41) is 3.72. The average molecular weight is 278 g/mol. The molecular weight excluding hydrogens is 256 g/mol. The van der Waals surface area contributed by atoms with Gasteiger partial charge in [-0.25, -0.2) is 0 Å². The lowest BCUT2D eigenvalue weighted by atomic mass is 9.94. The number of hydrogen-bond donors (Lipinski definition) is 1. The van der Waals surface area contributed by atoms with Gasteiger partial charge in [0.25, 0.3) is 0 Å². The molecule has 2 heteroatoms. The van der Waals surface area contributed by atoms with Gasteiger partial charge in [0.1, 0.15) is 0 Å². The number of rotatable bonds is 4. The molecule has 1 aliphatic carbocycles. The first kappa shape index (κ1) is 14.1. The van der Waals surface area contributed by atoms with Crippen molar-refractivity contribution in [3.63, 3.8) is 0 Å². The van der Waals surface area contributed by atoms with E-state index in [0.717, 1.165) is 13.1 Å². The van der Waals surface area contributed by atoms with Crippen molar-refractivity contribution in [3.05, 3.63) is 70.8 Å². The molecule has 2 nitrogen and oxygen atoms in total. The van der Waals surface area contributed by atoms with Crippen LogP contribution in [0.4, 0.5) is 0 Å². The Labute approximate surface area is 127 Å². The fourth-order valence-electron chi connectivity index (χ4n) is 2.85. The Kier molecular flexibility index (Phi) is 4.18. The van der Waals surface area contributed by atoms with Gasteiger partial charge in [-0.05, 0) is 36.3 Å². The van der Waals surface area contributed by atoms with Gasteiger partial charge in [0.05, 0.1) is 6.04 Å². The predicted octanol–water partition coefficient (Wildman–Crippen LogP) is 3.41. The van der Waals surface area contributed by atoms with Crippen LogP contribution >= 0.6 is 0 Å². The van der Waals surface area contributed by atoms with E-state index < -0.39 is 0 Å². The molecule has 0 heterocycles. The molecule has 0 fully saturated rings. The molecule has 0 bridgehead atoms. The molecule has 0 amide bonds. The fourth-order valence-corrected chi connectivity index (χ4v) is 2.85. The van der Waals surface area contributed by atoms with Gasteiger partial charge >= 0.3 is 0 Å². The zero-order valence-electron chi connectivity index (χ0n) is 12.7. The molecule has 0 aromatic heterocycles. The van der Waals surface area contributed by atoms with Gasteiger partial charge in [-0.2, -0.15) is 0 Å². The van der Waals surface area contributed by atoms with E-state index in [1.54, 1.807) is 0 Å². The molecule has 21 heavy (non-hydrogen) atoms. The van der Waals surface area contributed by atoms with Crippen molar-refractivity contribution in [2.45, 2.75) is 6.04 Å². The van der Waals surface area contributed by atoms with Gasteiger partial charge in [-0.3, -0.25) is 0 Å². The van der Waals surface area contributed by atoms with Crippen LogP contribution in [0.5, 0.6) is 0 Å². The van der Waals surface area contributed by atoms with Gasteiger partial charge in [0, 0.05) is 13.1 Å². The zero-order chi connectivity index (χ0) is 14.7. The van der Waals surface area contributed by atoms with Crippen molar-refractivity contribution in [1.29, 1.82) is 0 Å². The predicted molar refractivity (Wildman–Crippen MR) is 90.2 cm³/mol. The van der Waals surface area contributed by atoms with Crippen LogP contribution in [0.1, 0.15) is 28.3 Å². The van der Waals surface area contributed by atoms with Crippen molar-refractivity contribution in [1.82, 2.24) is 10.2 Å². The minimum absolute atomic E-state index is 0.257. The van der Waals surface area contributed by atoms with E-state index in [9.17, 15) is 0 Å². The van der Waals surface area contributed by atoms with E-state index in [4.69, 9.17) is 0 Å². The van der Waals surface area contributed by atoms with Crippen molar-refractivity contribution < 1.29 is 0 Å². The van der Waals surface area contributed by atoms with Crippen LogP contribution < -0.4 is 5.32 Å². The Balaban J connectivity index is 1.98. The lowest BCUT2D eigenvalue weighted by Gasteiger charge is -2.23. The molecule has 1 aliphatic rings. The summed E-state index contributed by atoms with van der Waals surface area (Å²) in [6, 6.07) is 17.6. The molecule has 2 aromatic carbocycles. The largest absolute Gasteiger partial charge is 0.308 e. The summed E-state index contributed by atoms with van der Waals surface area (Å²) >= 11 is 0. The van der Waals surface area contributed by atoms with E-state index in [0.29, 0.717) is 0 Å². The number of benzene rings is 2. The van der Waals surface area contributed by atoms with Crippen LogP contribution in [0.2, 0.25) is 0 Å². The van der Waals surface area contributed by atoms with Crippen LogP contribution in [-0.4, -0.2) is 32.1 Å². The lowest BCUT2D eigenvalue weighted by molar-refractivity contribution is 0.392. The summed E-state index contributed by atoms with van der Waals surface area (Å²) < 4.78 is 0. The van der Waals surface area contributed by atoms with E-state index in [-0.39, 0.29) is 6.04 Å². The molecule has 0 aliphatic heterocycles. The highest BCUT2D eigenvalue weighted by Crippen LogP contribution is 2.32. The zero-order valence-corrected chi connectivity index (χ0v) is 12.7. The van der Waals surface area contributed by atoms with E-state index in [1.807, 2.05) is 0 Å². The monoisotopic (exact) mass is 278 g/mol. The summed E-state index contributed by atoms with van der Waals surface area (Å²) in [6.07, 6.45) is 4.45. The third-order valence-electron chi connectivity index (χ3n) is 3.96. The van der Waals surface area contributed by atoms with Crippen molar-refractivity contribution in [2.24, 2.45) is 0 Å². The molecule has 2 aromatic rings. The SMILES string of the molecule is CN(C)CCNC1c2ccccc2C=Cc2ccccc21. The number of fused-ring (bicyclic) bond motifs is 2. The molecule has 0 radical (unpaired) electrons. The molecule has 108 valence electrons. The highest BCUT2D eigenvalue weighted by molar-refractivity contribution is 5.76. The van der Waals surface area contributed by atoms with E-state index >= 15 is 0 Å². The standard InChI is InChI=1S/C19H22N2/c1-21(2)14-13-20-19-17-9-5-3-7-15(17)11-12-16-8-4-6-10-18(16)19/h3-12,19-20H,13-14H2,1-2H3. The second kappa shape index (κ2) is 6.25. The topological polar surface area (TPSA) is 15.3 Å². The van der Waals surface area contributed by atoms with Crippen LogP contribution in [-0.2, 0) is 0 Å². The maximum absolute atomic E-state index is 3.72. The van der Waals surface area contributed by atoms with Crippen LogP contribution in [0.25, 0.3) is 12.2 Å². The summed E-state index contributed by atoms with van der Waals surface area (Å²) in [6.45, 7) is 2.01. The molecule has 0 saturated carbocycles. The van der Waals surface area contributed by atoms with Crippen molar-refractivity contribution in [3.8, 4) is 0 Å². The Hall–Kier alpha value is -1.90. The Morgan fingerprint density at radius 1 is 0.857 bits per heavy atom. The summed E-state index contributed by atoms with van der Waals surface area (Å²) in [5.41, 5.74) is 5.32.